The number of thioether (sulfide) groups is 1. The molecule has 158 valence electrons. The molecule has 0 spiro atoms. The number of amides is 1. The van der Waals surface area contributed by atoms with Gasteiger partial charge in [-0.1, -0.05) is 11.8 Å². The van der Waals surface area contributed by atoms with Crippen LogP contribution in [0.15, 0.2) is 9.95 Å². The topological polar surface area (TPSA) is 100 Å². The smallest absolute Gasteiger partial charge is 0.260 e. The molecule has 1 N–H and O–H groups in total. The normalized spacial score (nSPS) is 21.8. The van der Waals surface area contributed by atoms with E-state index >= 15 is 0 Å². The SMILES string of the molecule is CCN(C(=O)[C@H](C)Sc1nc2sc3c(c2c(=O)[nH]1)CCCC3)[C@H]1CCS(=O)(=O)C1. The van der Waals surface area contributed by atoms with Gasteiger partial charge in [-0.3, -0.25) is 9.59 Å². The van der Waals surface area contributed by atoms with Gasteiger partial charge in [-0.15, -0.1) is 11.3 Å². The molecule has 1 aliphatic carbocycles. The van der Waals surface area contributed by atoms with Crippen molar-refractivity contribution < 1.29 is 13.2 Å². The number of hydrogen-bond donors (Lipinski definition) is 1. The van der Waals surface area contributed by atoms with Crippen LogP contribution in [0.4, 0.5) is 0 Å². The highest BCUT2D eigenvalue weighted by atomic mass is 32.2. The Labute approximate surface area is 178 Å². The number of nitrogens with zero attached hydrogens (tertiary/aromatic N) is 2. The summed E-state index contributed by atoms with van der Waals surface area (Å²) in [6.45, 7) is 4.11. The second-order valence-electron chi connectivity index (χ2n) is 7.70. The van der Waals surface area contributed by atoms with E-state index in [9.17, 15) is 18.0 Å². The number of aromatic amines is 1. The van der Waals surface area contributed by atoms with Gasteiger partial charge in [0.25, 0.3) is 5.56 Å². The number of thiophene rings is 1. The van der Waals surface area contributed by atoms with Gasteiger partial charge >= 0.3 is 0 Å². The lowest BCUT2D eigenvalue weighted by Gasteiger charge is -2.29. The predicted molar refractivity (Wildman–Crippen MR) is 117 cm³/mol. The molecule has 3 heterocycles. The highest BCUT2D eigenvalue weighted by Gasteiger charge is 2.35. The highest BCUT2D eigenvalue weighted by molar-refractivity contribution is 8.00. The van der Waals surface area contributed by atoms with Gasteiger partial charge in [-0.05, 0) is 51.5 Å². The molecular formula is C19H25N3O4S3. The average molecular weight is 456 g/mol. The van der Waals surface area contributed by atoms with Crippen LogP contribution in [-0.2, 0) is 27.5 Å². The summed E-state index contributed by atoms with van der Waals surface area (Å²) in [5.74, 6) is 0.0522. The van der Waals surface area contributed by atoms with Crippen molar-refractivity contribution in [1.82, 2.24) is 14.9 Å². The zero-order chi connectivity index (χ0) is 20.8. The molecule has 0 radical (unpaired) electrons. The first-order valence-electron chi connectivity index (χ1n) is 10.0. The maximum Gasteiger partial charge on any atom is 0.260 e. The lowest BCUT2D eigenvalue weighted by atomic mass is 9.97. The molecule has 0 saturated carbocycles. The van der Waals surface area contributed by atoms with Crippen molar-refractivity contribution in [1.29, 1.82) is 0 Å². The van der Waals surface area contributed by atoms with E-state index in [0.717, 1.165) is 36.1 Å². The highest BCUT2D eigenvalue weighted by Crippen LogP contribution is 2.34. The van der Waals surface area contributed by atoms with Crippen molar-refractivity contribution in [2.45, 2.75) is 62.4 Å². The zero-order valence-electron chi connectivity index (χ0n) is 16.6. The molecule has 2 aliphatic rings. The van der Waals surface area contributed by atoms with E-state index in [-0.39, 0.29) is 29.0 Å². The largest absolute Gasteiger partial charge is 0.338 e. The molecule has 0 unspecified atom stereocenters. The number of carbonyl (C=O) groups excluding carboxylic acids is 1. The van der Waals surface area contributed by atoms with Crippen molar-refractivity contribution in [3.8, 4) is 0 Å². The summed E-state index contributed by atoms with van der Waals surface area (Å²) in [4.78, 5) is 36.8. The van der Waals surface area contributed by atoms with E-state index < -0.39 is 15.1 Å². The number of aryl methyl sites for hydroxylation is 2. The molecule has 10 heteroatoms. The summed E-state index contributed by atoms with van der Waals surface area (Å²) in [6.07, 6.45) is 4.67. The van der Waals surface area contributed by atoms with Crippen molar-refractivity contribution in [3.63, 3.8) is 0 Å². The lowest BCUT2D eigenvalue weighted by Crippen LogP contribution is -2.44. The van der Waals surface area contributed by atoms with Crippen LogP contribution >= 0.6 is 23.1 Å². The van der Waals surface area contributed by atoms with Gasteiger partial charge in [0.1, 0.15) is 4.83 Å². The Kier molecular flexibility index (Phi) is 5.78. The van der Waals surface area contributed by atoms with Crippen LogP contribution in [0.3, 0.4) is 0 Å². The fraction of sp³-hybridized carbons (Fsp3) is 0.632. The first-order valence-corrected chi connectivity index (χ1v) is 13.5. The summed E-state index contributed by atoms with van der Waals surface area (Å²) >= 11 is 2.82. The van der Waals surface area contributed by atoms with Gasteiger partial charge in [0, 0.05) is 17.5 Å². The van der Waals surface area contributed by atoms with Crippen molar-refractivity contribution >= 4 is 49.1 Å². The molecule has 0 bridgehead atoms. The van der Waals surface area contributed by atoms with E-state index in [1.165, 1.54) is 16.6 Å². The molecule has 1 amide bonds. The van der Waals surface area contributed by atoms with Crippen LogP contribution in [0, 0.1) is 0 Å². The number of rotatable bonds is 5. The third kappa shape index (κ3) is 4.11. The number of nitrogens with one attached hydrogen (secondary N) is 1. The number of sulfone groups is 1. The molecule has 1 saturated heterocycles. The van der Waals surface area contributed by atoms with Crippen LogP contribution in [0.5, 0.6) is 0 Å². The van der Waals surface area contributed by atoms with Gasteiger partial charge in [0.15, 0.2) is 15.0 Å². The number of carbonyl (C=O) groups is 1. The Hall–Kier alpha value is -1.39. The average Bonchev–Trinajstić information content (AvgIpc) is 3.21. The Bertz CT molecular complexity index is 1110. The van der Waals surface area contributed by atoms with Crippen LogP contribution in [-0.4, -0.2) is 58.5 Å². The monoisotopic (exact) mass is 455 g/mol. The summed E-state index contributed by atoms with van der Waals surface area (Å²) in [5, 5.41) is 0.685. The number of H-pyrrole nitrogens is 1. The van der Waals surface area contributed by atoms with Crippen LogP contribution in [0.2, 0.25) is 0 Å². The van der Waals surface area contributed by atoms with Crippen LogP contribution < -0.4 is 5.56 Å². The molecular weight excluding hydrogens is 430 g/mol. The quantitative estimate of drug-likeness (QED) is 0.549. The summed E-state index contributed by atoms with van der Waals surface area (Å²) < 4.78 is 23.6. The fourth-order valence-corrected chi connectivity index (χ4v) is 8.18. The first kappa shape index (κ1) is 20.9. The molecule has 0 aromatic carbocycles. The molecule has 2 aromatic heterocycles. The number of aromatic nitrogens is 2. The zero-order valence-corrected chi connectivity index (χ0v) is 19.0. The molecule has 4 rings (SSSR count). The maximum absolute atomic E-state index is 13.0. The van der Waals surface area contributed by atoms with Gasteiger partial charge in [0.2, 0.25) is 5.91 Å². The second kappa shape index (κ2) is 8.03. The van der Waals surface area contributed by atoms with Crippen LogP contribution in [0.25, 0.3) is 10.2 Å². The van der Waals surface area contributed by atoms with Gasteiger partial charge in [-0.25, -0.2) is 13.4 Å². The van der Waals surface area contributed by atoms with E-state index in [1.54, 1.807) is 23.2 Å². The standard InChI is InChI=1S/C19H25N3O4S3/c1-3-22(12-8-9-29(25,26)10-12)18(24)11(2)27-19-20-16(23)15-13-6-4-5-7-14(13)28-17(15)21-19/h11-12H,3-10H2,1-2H3,(H,20,21,23)/t11-,12-/m0/s1. The van der Waals surface area contributed by atoms with Gasteiger partial charge in [-0.2, -0.15) is 0 Å². The Balaban J connectivity index is 1.54. The molecule has 2 atom stereocenters. The second-order valence-corrected chi connectivity index (χ2v) is 12.3. The third-order valence-electron chi connectivity index (χ3n) is 5.71. The minimum Gasteiger partial charge on any atom is -0.338 e. The molecule has 1 aliphatic heterocycles. The molecule has 1 fully saturated rings. The molecule has 29 heavy (non-hydrogen) atoms. The maximum atomic E-state index is 13.0. The van der Waals surface area contributed by atoms with Gasteiger partial charge < -0.3 is 9.88 Å². The minimum absolute atomic E-state index is 0.0335. The van der Waals surface area contributed by atoms with E-state index in [2.05, 4.69) is 9.97 Å². The number of hydrogen-bond acceptors (Lipinski definition) is 7. The van der Waals surface area contributed by atoms with Gasteiger partial charge in [0.05, 0.1) is 22.1 Å². The summed E-state index contributed by atoms with van der Waals surface area (Å²) in [5.41, 5.74) is 1.01. The van der Waals surface area contributed by atoms with Crippen molar-refractivity contribution in [2.75, 3.05) is 18.1 Å². The first-order chi connectivity index (χ1) is 13.8. The van der Waals surface area contributed by atoms with E-state index in [1.807, 2.05) is 6.92 Å². The van der Waals surface area contributed by atoms with Crippen molar-refractivity contribution in [3.05, 3.63) is 20.8 Å². The Morgan fingerprint density at radius 2 is 2.14 bits per heavy atom. The van der Waals surface area contributed by atoms with E-state index in [4.69, 9.17) is 0 Å². The van der Waals surface area contributed by atoms with Crippen LogP contribution in [0.1, 0.15) is 43.6 Å². The predicted octanol–water partition coefficient (Wildman–Crippen LogP) is 2.38. The minimum atomic E-state index is -3.06. The molecule has 7 nitrogen and oxygen atoms in total. The third-order valence-corrected chi connectivity index (χ3v) is 9.62. The Morgan fingerprint density at radius 3 is 2.83 bits per heavy atom. The summed E-state index contributed by atoms with van der Waals surface area (Å²) in [7, 11) is -3.06. The Morgan fingerprint density at radius 1 is 1.38 bits per heavy atom. The lowest BCUT2D eigenvalue weighted by molar-refractivity contribution is -0.131. The fourth-order valence-electron chi connectivity index (χ4n) is 4.27. The van der Waals surface area contributed by atoms with Crippen molar-refractivity contribution in [2.24, 2.45) is 0 Å². The number of fused-ring (bicyclic) bond motifs is 3. The summed E-state index contributed by atoms with van der Waals surface area (Å²) in [6, 6.07) is -0.265. The molecule has 2 aromatic rings. The van der Waals surface area contributed by atoms with E-state index in [0.29, 0.717) is 23.5 Å².